The van der Waals surface area contributed by atoms with Crippen LogP contribution in [0.15, 0.2) is 41.5 Å². The van der Waals surface area contributed by atoms with Gasteiger partial charge in [0.15, 0.2) is 0 Å². The Hall–Kier alpha value is -3.33. The first kappa shape index (κ1) is 20.6. The van der Waals surface area contributed by atoms with Gasteiger partial charge in [0, 0.05) is 42.3 Å². The zero-order chi connectivity index (χ0) is 22.2. The molecule has 0 radical (unpaired) electrons. The number of rotatable bonds is 3. The third kappa shape index (κ3) is 3.73. The van der Waals surface area contributed by atoms with Crippen molar-refractivity contribution in [1.82, 2.24) is 24.8 Å². The summed E-state index contributed by atoms with van der Waals surface area (Å²) in [5.74, 6) is 0.391. The maximum atomic E-state index is 13.0. The van der Waals surface area contributed by atoms with Crippen molar-refractivity contribution in [3.8, 4) is 0 Å². The molecule has 2 aliphatic rings. The van der Waals surface area contributed by atoms with E-state index < -0.39 is 0 Å². The van der Waals surface area contributed by atoms with Crippen molar-refractivity contribution in [2.75, 3.05) is 13.1 Å². The van der Waals surface area contributed by atoms with Crippen molar-refractivity contribution in [3.63, 3.8) is 0 Å². The monoisotopic (exact) mass is 449 g/mol. The molecule has 1 N–H and O–H groups in total. The number of hydrogen-bond donors (Lipinski definition) is 1. The number of nitrogens with zero attached hydrogens (tertiary/aromatic N) is 4. The number of carbonyl (C=O) groups excluding carboxylic acids is 2. The summed E-state index contributed by atoms with van der Waals surface area (Å²) in [4.78, 5) is 55.7. The average Bonchev–Trinajstić information content (AvgIpc) is 3.48. The molecular weight excluding hydrogens is 426 g/mol. The number of pyridine rings is 1. The number of aromatic nitrogens is 3. The van der Waals surface area contributed by atoms with Gasteiger partial charge in [0.25, 0.3) is 17.4 Å². The van der Waals surface area contributed by atoms with E-state index >= 15 is 0 Å². The fraction of sp³-hybridized carbons (Fsp3) is 0.348. The first-order valence-corrected chi connectivity index (χ1v) is 11.5. The van der Waals surface area contributed by atoms with Crippen LogP contribution in [0.2, 0.25) is 0 Å². The molecule has 1 saturated heterocycles. The van der Waals surface area contributed by atoms with E-state index in [0.717, 1.165) is 23.4 Å². The lowest BCUT2D eigenvalue weighted by Gasteiger charge is -2.29. The molecule has 0 bridgehead atoms. The summed E-state index contributed by atoms with van der Waals surface area (Å²) < 4.78 is 0. The van der Waals surface area contributed by atoms with Crippen LogP contribution in [0.5, 0.6) is 0 Å². The first-order chi connectivity index (χ1) is 15.5. The number of hydrogen-bond acceptors (Lipinski definition) is 6. The predicted octanol–water partition coefficient (Wildman–Crippen LogP) is 2.71. The molecule has 9 heteroatoms. The summed E-state index contributed by atoms with van der Waals surface area (Å²) in [6.45, 7) is 3.35. The van der Waals surface area contributed by atoms with Crippen molar-refractivity contribution in [2.24, 2.45) is 0 Å². The molecule has 2 amide bonds. The van der Waals surface area contributed by atoms with Gasteiger partial charge in [-0.3, -0.25) is 19.4 Å². The Kier molecular flexibility index (Phi) is 5.34. The van der Waals surface area contributed by atoms with Crippen molar-refractivity contribution < 1.29 is 9.59 Å². The maximum Gasteiger partial charge on any atom is 0.264 e. The number of thiophene rings is 1. The van der Waals surface area contributed by atoms with E-state index in [1.165, 1.54) is 11.3 Å². The van der Waals surface area contributed by atoms with Crippen molar-refractivity contribution in [3.05, 3.63) is 79.4 Å². The van der Waals surface area contributed by atoms with E-state index in [1.807, 2.05) is 19.1 Å². The van der Waals surface area contributed by atoms with E-state index in [0.29, 0.717) is 41.3 Å². The number of amides is 2. The second kappa shape index (κ2) is 8.31. The second-order valence-corrected chi connectivity index (χ2v) is 9.44. The van der Waals surface area contributed by atoms with Crippen LogP contribution in [0, 0.1) is 6.92 Å². The van der Waals surface area contributed by atoms with Crippen LogP contribution < -0.4 is 5.56 Å². The van der Waals surface area contributed by atoms with Gasteiger partial charge in [-0.05, 0) is 44.0 Å². The number of fused-ring (bicyclic) bond motifs is 1. The predicted molar refractivity (Wildman–Crippen MR) is 120 cm³/mol. The van der Waals surface area contributed by atoms with E-state index in [4.69, 9.17) is 4.98 Å². The fourth-order valence-electron chi connectivity index (χ4n) is 4.44. The molecule has 3 aromatic rings. The smallest absolute Gasteiger partial charge is 0.264 e. The topological polar surface area (TPSA) is 99.3 Å². The Balaban J connectivity index is 1.39. The maximum absolute atomic E-state index is 13.0. The van der Waals surface area contributed by atoms with E-state index in [1.54, 1.807) is 34.3 Å². The number of aromatic amines is 1. The highest BCUT2D eigenvalue weighted by Gasteiger charge is 2.34. The average molecular weight is 450 g/mol. The highest BCUT2D eigenvalue weighted by Crippen LogP contribution is 2.31. The van der Waals surface area contributed by atoms with Crippen molar-refractivity contribution in [2.45, 2.75) is 38.8 Å². The van der Waals surface area contributed by atoms with Crippen LogP contribution in [-0.2, 0) is 13.0 Å². The van der Waals surface area contributed by atoms with Gasteiger partial charge in [0.2, 0.25) is 0 Å². The van der Waals surface area contributed by atoms with Gasteiger partial charge in [0.1, 0.15) is 5.82 Å². The molecular formula is C23H23N5O3S. The van der Waals surface area contributed by atoms with Crippen LogP contribution in [0.25, 0.3) is 0 Å². The van der Waals surface area contributed by atoms with E-state index in [9.17, 15) is 14.4 Å². The molecule has 0 spiro atoms. The third-order valence-electron chi connectivity index (χ3n) is 6.08. The molecule has 164 valence electrons. The Morgan fingerprint density at radius 2 is 1.94 bits per heavy atom. The van der Waals surface area contributed by atoms with Crippen LogP contribution >= 0.6 is 11.3 Å². The minimum atomic E-state index is -0.262. The summed E-state index contributed by atoms with van der Waals surface area (Å²) in [6.07, 6.45) is 5.32. The molecule has 5 rings (SSSR count). The molecule has 2 aliphatic heterocycles. The highest BCUT2D eigenvalue weighted by molar-refractivity contribution is 7.13. The molecule has 1 fully saturated rings. The normalized spacial score (nSPS) is 18.0. The van der Waals surface area contributed by atoms with Gasteiger partial charge in [-0.2, -0.15) is 0 Å². The fourth-order valence-corrected chi connectivity index (χ4v) is 5.27. The summed E-state index contributed by atoms with van der Waals surface area (Å²) in [6, 6.07) is 6.89. The minimum Gasteiger partial charge on any atom is -0.333 e. The summed E-state index contributed by atoms with van der Waals surface area (Å²) in [5.41, 5.74) is 1.60. The van der Waals surface area contributed by atoms with Crippen LogP contribution in [0.1, 0.15) is 60.9 Å². The molecule has 5 heterocycles. The number of carbonyl (C=O) groups is 2. The molecule has 0 unspecified atom stereocenters. The zero-order valence-corrected chi connectivity index (χ0v) is 18.5. The molecule has 32 heavy (non-hydrogen) atoms. The van der Waals surface area contributed by atoms with Gasteiger partial charge in [0.05, 0.1) is 28.7 Å². The lowest BCUT2D eigenvalue weighted by atomic mass is 10.1. The van der Waals surface area contributed by atoms with Gasteiger partial charge in [-0.1, -0.05) is 0 Å². The largest absolute Gasteiger partial charge is 0.333 e. The van der Waals surface area contributed by atoms with Gasteiger partial charge in [-0.25, -0.2) is 4.98 Å². The third-order valence-corrected chi connectivity index (χ3v) is 7.07. The Labute approximate surface area is 188 Å². The van der Waals surface area contributed by atoms with Crippen LogP contribution in [0.4, 0.5) is 0 Å². The summed E-state index contributed by atoms with van der Waals surface area (Å²) in [5, 5.41) is 0. The molecule has 0 aromatic carbocycles. The number of nitrogens with one attached hydrogen (secondary N) is 1. The SMILES string of the molecule is Cc1ccc(C(=O)N2CCc3nc([C@H]4CCCN4C(=O)c4ccncc4)[nH]c(=O)c3C2)s1. The number of H-pyrrole nitrogens is 1. The number of likely N-dealkylation sites (tertiary alicyclic amines) is 1. The van der Waals surface area contributed by atoms with Gasteiger partial charge in [-0.15, -0.1) is 11.3 Å². The molecule has 3 aromatic heterocycles. The molecule has 0 aliphatic carbocycles. The molecule has 0 saturated carbocycles. The second-order valence-electron chi connectivity index (χ2n) is 8.16. The van der Waals surface area contributed by atoms with E-state index in [-0.39, 0.29) is 30.0 Å². The van der Waals surface area contributed by atoms with Gasteiger partial charge < -0.3 is 14.8 Å². The summed E-state index contributed by atoms with van der Waals surface area (Å²) >= 11 is 1.46. The van der Waals surface area contributed by atoms with Crippen LogP contribution in [-0.4, -0.2) is 49.7 Å². The first-order valence-electron chi connectivity index (χ1n) is 10.7. The molecule has 1 atom stereocenters. The lowest BCUT2D eigenvalue weighted by molar-refractivity contribution is 0.0718. The van der Waals surface area contributed by atoms with E-state index in [2.05, 4.69) is 9.97 Å². The van der Waals surface area contributed by atoms with Crippen LogP contribution in [0.3, 0.4) is 0 Å². The lowest BCUT2D eigenvalue weighted by Crippen LogP contribution is -2.40. The standard InChI is InChI=1S/C23H23N5O3S/c1-14-4-5-19(32-14)23(31)27-12-8-17-16(13-27)21(29)26-20(25-17)18-3-2-11-28(18)22(30)15-6-9-24-10-7-15/h4-7,9-10,18H,2-3,8,11-13H2,1H3,(H,25,26,29)/t18-/m1/s1. The zero-order valence-electron chi connectivity index (χ0n) is 17.7. The quantitative estimate of drug-likeness (QED) is 0.663. The number of aryl methyl sites for hydroxylation is 1. The highest BCUT2D eigenvalue weighted by atomic mass is 32.1. The summed E-state index contributed by atoms with van der Waals surface area (Å²) in [7, 11) is 0. The minimum absolute atomic E-state index is 0.0536. The van der Waals surface area contributed by atoms with Crippen molar-refractivity contribution in [1.29, 1.82) is 0 Å². The van der Waals surface area contributed by atoms with Crippen molar-refractivity contribution >= 4 is 23.2 Å². The Morgan fingerprint density at radius 1 is 1.12 bits per heavy atom. The van der Waals surface area contributed by atoms with Gasteiger partial charge >= 0.3 is 0 Å². The Morgan fingerprint density at radius 3 is 2.69 bits per heavy atom. The Bertz CT molecular complexity index is 1240. The molecule has 8 nitrogen and oxygen atoms in total.